The summed E-state index contributed by atoms with van der Waals surface area (Å²) in [6, 6.07) is 10.7. The molecule has 1 heterocycles. The van der Waals surface area contributed by atoms with Gasteiger partial charge in [-0.2, -0.15) is 0 Å². The Labute approximate surface area is 116 Å². The zero-order valence-electron chi connectivity index (χ0n) is 12.6. The minimum atomic E-state index is -0.224. The zero-order valence-corrected chi connectivity index (χ0v) is 12.6. The van der Waals surface area contributed by atoms with Crippen LogP contribution in [-0.2, 0) is 14.7 Å². The largest absolute Gasteiger partial charge is 0.462 e. The Hall–Kier alpha value is -0.795. The Morgan fingerprint density at radius 1 is 0.947 bits per heavy atom. The summed E-state index contributed by atoms with van der Waals surface area (Å²) in [6.07, 6.45) is 1.15. The first-order chi connectivity index (χ1) is 8.76. The van der Waals surface area contributed by atoms with Gasteiger partial charge in [-0.15, -0.1) is 0 Å². The van der Waals surface area contributed by atoms with Crippen LogP contribution in [0.15, 0.2) is 30.3 Å². The van der Waals surface area contributed by atoms with Crippen LogP contribution in [0, 0.1) is 0 Å². The van der Waals surface area contributed by atoms with E-state index in [1.807, 2.05) is 0 Å². The molecule has 0 aromatic heterocycles. The number of hydrogen-bond donors (Lipinski definition) is 0. The predicted octanol–water partition coefficient (Wildman–Crippen LogP) is 3.81. The van der Waals surface area contributed by atoms with E-state index in [0.29, 0.717) is 5.82 Å². The summed E-state index contributed by atoms with van der Waals surface area (Å²) in [6.45, 7) is 10.8. The lowest BCUT2D eigenvalue weighted by Crippen LogP contribution is -2.41. The molecule has 0 spiro atoms. The fourth-order valence-corrected chi connectivity index (χ4v) is 3.00. The highest BCUT2D eigenvalue weighted by atomic mass is 16.7. The van der Waals surface area contributed by atoms with Crippen LogP contribution in [0.3, 0.4) is 0 Å². The van der Waals surface area contributed by atoms with E-state index < -0.39 is 0 Å². The molecule has 1 aliphatic heterocycles. The molecular formula is C16H23BO2. The molecule has 0 radical (unpaired) electrons. The van der Waals surface area contributed by atoms with E-state index in [9.17, 15) is 0 Å². The molecule has 3 heteroatoms. The van der Waals surface area contributed by atoms with Gasteiger partial charge in [-0.1, -0.05) is 37.3 Å². The van der Waals surface area contributed by atoms with Gasteiger partial charge in [-0.05, 0) is 45.1 Å². The van der Waals surface area contributed by atoms with Crippen LogP contribution in [0.2, 0.25) is 5.82 Å². The monoisotopic (exact) mass is 258 g/mol. The predicted molar refractivity (Wildman–Crippen MR) is 78.2 cm³/mol. The molecule has 102 valence electrons. The minimum Gasteiger partial charge on any atom is -0.403 e. The summed E-state index contributed by atoms with van der Waals surface area (Å²) in [5.41, 5.74) is 1.16. The lowest BCUT2D eigenvalue weighted by molar-refractivity contribution is 0.00578. The fourth-order valence-electron chi connectivity index (χ4n) is 3.00. The summed E-state index contributed by atoms with van der Waals surface area (Å²) in [5.74, 6) is 0.468. The van der Waals surface area contributed by atoms with Crippen molar-refractivity contribution in [2.75, 3.05) is 0 Å². The molecule has 2 atom stereocenters. The zero-order chi connectivity index (χ0) is 13.9. The van der Waals surface area contributed by atoms with Gasteiger partial charge in [0.05, 0.1) is 11.2 Å². The molecule has 2 nitrogen and oxygen atoms in total. The van der Waals surface area contributed by atoms with E-state index in [1.54, 1.807) is 0 Å². The van der Waals surface area contributed by atoms with Crippen LogP contribution in [0.25, 0.3) is 0 Å². The van der Waals surface area contributed by atoms with E-state index in [2.05, 4.69) is 65.0 Å². The van der Waals surface area contributed by atoms with Gasteiger partial charge in [0.15, 0.2) is 0 Å². The molecule has 19 heavy (non-hydrogen) atoms. The third-order valence-corrected chi connectivity index (χ3v) is 5.34. The maximum Gasteiger partial charge on any atom is 0.462 e. The number of rotatable bonds is 2. The van der Waals surface area contributed by atoms with Crippen molar-refractivity contribution in [1.82, 2.24) is 0 Å². The second-order valence-electron chi connectivity index (χ2n) is 7.22. The van der Waals surface area contributed by atoms with Crippen LogP contribution in [0.5, 0.6) is 0 Å². The topological polar surface area (TPSA) is 18.5 Å². The van der Waals surface area contributed by atoms with Crippen molar-refractivity contribution in [3.8, 4) is 0 Å². The van der Waals surface area contributed by atoms with Crippen LogP contribution < -0.4 is 0 Å². The first kappa shape index (κ1) is 13.2. The van der Waals surface area contributed by atoms with Crippen molar-refractivity contribution in [3.05, 3.63) is 35.9 Å². The molecule has 1 saturated heterocycles. The highest BCUT2D eigenvalue weighted by Gasteiger charge is 2.65. The fraction of sp³-hybridized carbons (Fsp3) is 0.625. The van der Waals surface area contributed by atoms with Crippen LogP contribution >= 0.6 is 0 Å². The summed E-state index contributed by atoms with van der Waals surface area (Å²) in [4.78, 5) is 0. The maximum absolute atomic E-state index is 6.18. The molecule has 1 aliphatic carbocycles. The average molecular weight is 258 g/mol. The van der Waals surface area contributed by atoms with E-state index >= 15 is 0 Å². The van der Waals surface area contributed by atoms with Crippen molar-refractivity contribution in [2.24, 2.45) is 0 Å². The molecule has 2 aliphatic rings. The van der Waals surface area contributed by atoms with Crippen LogP contribution in [0.1, 0.15) is 46.6 Å². The summed E-state index contributed by atoms with van der Waals surface area (Å²) >= 11 is 0. The quantitative estimate of drug-likeness (QED) is 0.751. The number of hydrogen-bond acceptors (Lipinski definition) is 2. The Kier molecular flexibility index (Phi) is 2.68. The maximum atomic E-state index is 6.18. The van der Waals surface area contributed by atoms with E-state index in [4.69, 9.17) is 9.31 Å². The Bertz CT molecular complexity index is 467. The molecule has 0 N–H and O–H groups in total. The van der Waals surface area contributed by atoms with Gasteiger partial charge in [0.2, 0.25) is 0 Å². The van der Waals surface area contributed by atoms with Gasteiger partial charge >= 0.3 is 7.12 Å². The molecule has 1 aromatic carbocycles. The van der Waals surface area contributed by atoms with Gasteiger partial charge < -0.3 is 9.31 Å². The lowest BCUT2D eigenvalue weighted by atomic mass is 9.75. The third kappa shape index (κ3) is 1.95. The lowest BCUT2D eigenvalue weighted by Gasteiger charge is -2.32. The second kappa shape index (κ2) is 3.86. The number of benzene rings is 1. The van der Waals surface area contributed by atoms with Crippen molar-refractivity contribution in [3.63, 3.8) is 0 Å². The molecular weight excluding hydrogens is 235 g/mol. The third-order valence-electron chi connectivity index (χ3n) is 5.34. The van der Waals surface area contributed by atoms with Crippen molar-refractivity contribution >= 4 is 7.12 Å². The van der Waals surface area contributed by atoms with Crippen molar-refractivity contribution in [2.45, 2.75) is 63.5 Å². The van der Waals surface area contributed by atoms with Gasteiger partial charge in [0.25, 0.3) is 0 Å². The molecule has 0 amide bonds. The van der Waals surface area contributed by atoms with E-state index in [-0.39, 0.29) is 23.7 Å². The van der Waals surface area contributed by atoms with Gasteiger partial charge in [-0.25, -0.2) is 0 Å². The minimum absolute atomic E-state index is 0.0739. The molecule has 0 bridgehead atoms. The Morgan fingerprint density at radius 2 is 1.47 bits per heavy atom. The van der Waals surface area contributed by atoms with Gasteiger partial charge in [-0.3, -0.25) is 0 Å². The Morgan fingerprint density at radius 3 is 2.00 bits per heavy atom. The highest BCUT2D eigenvalue weighted by Crippen LogP contribution is 2.62. The molecule has 1 saturated carbocycles. The summed E-state index contributed by atoms with van der Waals surface area (Å²) in [5, 5.41) is 0. The van der Waals surface area contributed by atoms with Crippen LogP contribution in [-0.4, -0.2) is 18.3 Å². The van der Waals surface area contributed by atoms with Crippen LogP contribution in [0.4, 0.5) is 0 Å². The first-order valence-electron chi connectivity index (χ1n) is 7.17. The second-order valence-corrected chi connectivity index (χ2v) is 7.22. The molecule has 2 fully saturated rings. The average Bonchev–Trinajstić information content (AvgIpc) is 2.97. The van der Waals surface area contributed by atoms with Gasteiger partial charge in [0.1, 0.15) is 0 Å². The van der Waals surface area contributed by atoms with Crippen molar-refractivity contribution in [1.29, 1.82) is 0 Å². The smallest absolute Gasteiger partial charge is 0.403 e. The molecule has 1 aromatic rings. The first-order valence-corrected chi connectivity index (χ1v) is 7.17. The Balaban J connectivity index is 1.78. The summed E-state index contributed by atoms with van der Waals surface area (Å²) in [7, 11) is -0.0739. The molecule has 3 rings (SSSR count). The standard InChI is InChI=1S/C16H23BO2/c1-14(2)15(3,4)19-17(18-14)13-11-16(13,5)12-9-7-6-8-10-12/h6-10,13H,11H2,1-5H3. The van der Waals surface area contributed by atoms with E-state index in [0.717, 1.165) is 6.42 Å². The normalized spacial score (nSPS) is 35.4. The highest BCUT2D eigenvalue weighted by molar-refractivity contribution is 6.49. The summed E-state index contributed by atoms with van der Waals surface area (Å²) < 4.78 is 12.4. The van der Waals surface area contributed by atoms with Crippen molar-refractivity contribution < 1.29 is 9.31 Å². The SMILES string of the molecule is CC1(c2ccccc2)CC1B1OC(C)(C)C(C)(C)O1. The molecule has 2 unspecified atom stereocenters. The van der Waals surface area contributed by atoms with E-state index in [1.165, 1.54) is 5.56 Å². The van der Waals surface area contributed by atoms with Gasteiger partial charge in [0, 0.05) is 5.82 Å².